The number of hydrogen-bond acceptors (Lipinski definition) is 6. The normalized spacial score (nSPS) is 11.5. The molecule has 0 aliphatic carbocycles. The van der Waals surface area contributed by atoms with Crippen LogP contribution in [0.3, 0.4) is 0 Å². The van der Waals surface area contributed by atoms with Gasteiger partial charge in [-0.1, -0.05) is 12.1 Å². The summed E-state index contributed by atoms with van der Waals surface area (Å²) >= 11 is 0. The molecular weight excluding hydrogens is 410 g/mol. The van der Waals surface area contributed by atoms with E-state index in [1.165, 1.54) is 0 Å². The number of ether oxygens (including phenoxy) is 4. The van der Waals surface area contributed by atoms with Gasteiger partial charge in [-0.2, -0.15) is 0 Å². The van der Waals surface area contributed by atoms with Gasteiger partial charge in [0, 0.05) is 25.9 Å². The van der Waals surface area contributed by atoms with Crippen LogP contribution in [-0.2, 0) is 18.3 Å². The van der Waals surface area contributed by atoms with Gasteiger partial charge in [-0.25, -0.2) is 4.98 Å². The van der Waals surface area contributed by atoms with Crippen LogP contribution in [0, 0.1) is 0 Å². The number of nitrogens with zero attached hydrogens (tertiary/aromatic N) is 2. The van der Waals surface area contributed by atoms with Crippen molar-refractivity contribution in [3.05, 3.63) is 65.7 Å². The molecule has 0 saturated carbocycles. The summed E-state index contributed by atoms with van der Waals surface area (Å²) in [5.41, 5.74) is 1.83. The third-order valence-electron chi connectivity index (χ3n) is 5.24. The molecule has 0 aliphatic heterocycles. The highest BCUT2D eigenvalue weighted by atomic mass is 16.5. The molecule has 3 rings (SSSR count). The maximum Gasteiger partial charge on any atom is 0.221 e. The van der Waals surface area contributed by atoms with Gasteiger partial charge in [-0.15, -0.1) is 0 Å². The summed E-state index contributed by atoms with van der Waals surface area (Å²) in [6, 6.07) is 10.9. The summed E-state index contributed by atoms with van der Waals surface area (Å²) < 4.78 is 23.3. The smallest absolute Gasteiger partial charge is 0.221 e. The van der Waals surface area contributed by atoms with E-state index in [-0.39, 0.29) is 18.4 Å². The molecule has 0 fully saturated rings. The Hall–Kier alpha value is -3.68. The van der Waals surface area contributed by atoms with Crippen LogP contribution in [0.25, 0.3) is 0 Å². The molecular formula is C24H29N3O5. The summed E-state index contributed by atoms with van der Waals surface area (Å²) in [5.74, 6) is 3.05. The molecule has 0 saturated heterocycles. The number of aryl methyl sites for hydroxylation is 2. The van der Waals surface area contributed by atoms with Crippen LogP contribution in [0.2, 0.25) is 0 Å². The van der Waals surface area contributed by atoms with Gasteiger partial charge in [-0.3, -0.25) is 4.79 Å². The summed E-state index contributed by atoms with van der Waals surface area (Å²) in [7, 11) is 8.22. The van der Waals surface area contributed by atoms with Crippen LogP contribution in [0.15, 0.2) is 48.8 Å². The standard InChI is InChI=1S/C24H29N3O5/c1-27-13-12-25-24(27)22(17-7-9-18(29-2)10-8-17)26-21(28)11-6-16-14-19(30-3)23(32-5)20(15-16)31-4/h7-10,12-15,22H,6,11H2,1-5H3,(H,26,28). The average molecular weight is 440 g/mol. The molecule has 1 unspecified atom stereocenters. The molecule has 3 aromatic rings. The summed E-state index contributed by atoms with van der Waals surface area (Å²) in [6.07, 6.45) is 4.37. The summed E-state index contributed by atoms with van der Waals surface area (Å²) in [4.78, 5) is 17.3. The molecule has 2 aromatic carbocycles. The van der Waals surface area contributed by atoms with Crippen molar-refractivity contribution >= 4 is 5.91 Å². The number of benzene rings is 2. The van der Waals surface area contributed by atoms with Crippen LogP contribution < -0.4 is 24.3 Å². The Labute approximate surface area is 188 Å². The third kappa shape index (κ3) is 5.14. The first-order valence-electron chi connectivity index (χ1n) is 10.2. The highest BCUT2D eigenvalue weighted by Gasteiger charge is 2.21. The molecule has 0 spiro atoms. The van der Waals surface area contributed by atoms with Crippen LogP contribution in [-0.4, -0.2) is 43.9 Å². The van der Waals surface area contributed by atoms with Gasteiger partial charge in [0.05, 0.1) is 28.4 Å². The van der Waals surface area contributed by atoms with Crippen molar-refractivity contribution in [2.24, 2.45) is 7.05 Å². The molecule has 1 heterocycles. The lowest BCUT2D eigenvalue weighted by molar-refractivity contribution is -0.121. The van der Waals surface area contributed by atoms with Crippen molar-refractivity contribution < 1.29 is 23.7 Å². The second-order valence-electron chi connectivity index (χ2n) is 7.20. The van der Waals surface area contributed by atoms with Gasteiger partial charge in [0.1, 0.15) is 17.6 Å². The fourth-order valence-electron chi connectivity index (χ4n) is 3.52. The average Bonchev–Trinajstić information content (AvgIpc) is 3.25. The predicted octanol–water partition coefficient (Wildman–Crippen LogP) is 3.29. The first kappa shape index (κ1) is 23.0. The Bertz CT molecular complexity index is 1020. The first-order valence-corrected chi connectivity index (χ1v) is 10.2. The summed E-state index contributed by atoms with van der Waals surface area (Å²) in [6.45, 7) is 0. The van der Waals surface area contributed by atoms with Crippen LogP contribution in [0.1, 0.15) is 29.4 Å². The van der Waals surface area contributed by atoms with E-state index in [1.54, 1.807) is 34.6 Å². The van der Waals surface area contributed by atoms with Crippen molar-refractivity contribution in [1.29, 1.82) is 0 Å². The number of nitrogens with one attached hydrogen (secondary N) is 1. The molecule has 0 radical (unpaired) electrons. The Balaban J connectivity index is 1.76. The van der Waals surface area contributed by atoms with Crippen LogP contribution >= 0.6 is 0 Å². The van der Waals surface area contributed by atoms with Gasteiger partial charge < -0.3 is 28.8 Å². The van der Waals surface area contributed by atoms with Gasteiger partial charge in [0.15, 0.2) is 11.5 Å². The molecule has 1 amide bonds. The van der Waals surface area contributed by atoms with Crippen molar-refractivity contribution in [1.82, 2.24) is 14.9 Å². The Morgan fingerprint density at radius 1 is 1.00 bits per heavy atom. The number of methoxy groups -OCH3 is 4. The van der Waals surface area contributed by atoms with E-state index >= 15 is 0 Å². The Kier molecular flexibility index (Phi) is 7.59. The van der Waals surface area contributed by atoms with Crippen molar-refractivity contribution in [2.45, 2.75) is 18.9 Å². The number of aromatic nitrogens is 2. The molecule has 0 aliphatic rings. The van der Waals surface area contributed by atoms with Gasteiger partial charge in [0.2, 0.25) is 11.7 Å². The largest absolute Gasteiger partial charge is 0.497 e. The SMILES string of the molecule is COc1ccc(C(NC(=O)CCc2cc(OC)c(OC)c(OC)c2)c2nccn2C)cc1. The lowest BCUT2D eigenvalue weighted by atomic mass is 10.0. The van der Waals surface area contributed by atoms with E-state index in [0.717, 1.165) is 22.7 Å². The monoisotopic (exact) mass is 439 g/mol. The minimum atomic E-state index is -0.381. The zero-order chi connectivity index (χ0) is 23.1. The number of imidazole rings is 1. The fraction of sp³-hybridized carbons (Fsp3) is 0.333. The quantitative estimate of drug-likeness (QED) is 0.522. The van der Waals surface area contributed by atoms with Crippen molar-refractivity contribution in [2.75, 3.05) is 28.4 Å². The third-order valence-corrected chi connectivity index (χ3v) is 5.24. The van der Waals surface area contributed by atoms with Crippen molar-refractivity contribution in [3.63, 3.8) is 0 Å². The maximum atomic E-state index is 12.9. The van der Waals surface area contributed by atoms with E-state index in [1.807, 2.05) is 54.2 Å². The van der Waals surface area contributed by atoms with Gasteiger partial charge in [0.25, 0.3) is 0 Å². The number of carbonyl (C=O) groups is 1. The van der Waals surface area contributed by atoms with Gasteiger partial charge in [-0.05, 0) is 41.8 Å². The van der Waals surface area contributed by atoms with E-state index in [9.17, 15) is 4.79 Å². The highest BCUT2D eigenvalue weighted by Crippen LogP contribution is 2.38. The molecule has 32 heavy (non-hydrogen) atoms. The van der Waals surface area contributed by atoms with Crippen molar-refractivity contribution in [3.8, 4) is 23.0 Å². The maximum absolute atomic E-state index is 12.9. The van der Waals surface area contributed by atoms with E-state index in [0.29, 0.717) is 23.7 Å². The summed E-state index contributed by atoms with van der Waals surface area (Å²) in [5, 5.41) is 3.11. The lowest BCUT2D eigenvalue weighted by Gasteiger charge is -2.20. The minimum absolute atomic E-state index is 0.0948. The number of amides is 1. The number of rotatable bonds is 10. The molecule has 1 atom stereocenters. The molecule has 170 valence electrons. The van der Waals surface area contributed by atoms with Crippen LogP contribution in [0.5, 0.6) is 23.0 Å². The second-order valence-corrected chi connectivity index (χ2v) is 7.20. The Morgan fingerprint density at radius 2 is 1.66 bits per heavy atom. The van der Waals surface area contributed by atoms with E-state index in [2.05, 4.69) is 10.3 Å². The fourth-order valence-corrected chi connectivity index (χ4v) is 3.52. The zero-order valence-electron chi connectivity index (χ0n) is 19.0. The molecule has 1 N–H and O–H groups in total. The molecule has 1 aromatic heterocycles. The highest BCUT2D eigenvalue weighted by molar-refractivity contribution is 5.77. The predicted molar refractivity (Wildman–Crippen MR) is 121 cm³/mol. The van der Waals surface area contributed by atoms with Gasteiger partial charge >= 0.3 is 0 Å². The minimum Gasteiger partial charge on any atom is -0.497 e. The zero-order valence-corrected chi connectivity index (χ0v) is 19.0. The lowest BCUT2D eigenvalue weighted by Crippen LogP contribution is -2.31. The molecule has 0 bridgehead atoms. The van der Waals surface area contributed by atoms with Crippen LogP contribution in [0.4, 0.5) is 0 Å². The topological polar surface area (TPSA) is 83.8 Å². The first-order chi connectivity index (χ1) is 15.5. The molecule has 8 nitrogen and oxygen atoms in total. The number of carbonyl (C=O) groups excluding carboxylic acids is 1. The second kappa shape index (κ2) is 10.6. The van der Waals surface area contributed by atoms with E-state index in [4.69, 9.17) is 18.9 Å². The number of hydrogen-bond donors (Lipinski definition) is 1. The Morgan fingerprint density at radius 3 is 2.16 bits per heavy atom. The van der Waals surface area contributed by atoms with E-state index < -0.39 is 0 Å². The molecule has 8 heteroatoms.